The molecule has 0 aromatic rings. The van der Waals surface area contributed by atoms with E-state index in [9.17, 15) is 0 Å². The summed E-state index contributed by atoms with van der Waals surface area (Å²) in [5.41, 5.74) is 6.63. The molecule has 2 atom stereocenters. The second-order valence-corrected chi connectivity index (χ2v) is 6.80. The molecular weight excluding hydrogens is 246 g/mol. The molecule has 2 saturated heterocycles. The van der Waals surface area contributed by atoms with Crippen LogP contribution in [0.15, 0.2) is 0 Å². The first-order valence-electron chi connectivity index (χ1n) is 8.97. The number of rotatable bonds is 8. The van der Waals surface area contributed by atoms with Crippen LogP contribution < -0.4 is 5.73 Å². The van der Waals surface area contributed by atoms with E-state index >= 15 is 0 Å². The van der Waals surface area contributed by atoms with Gasteiger partial charge in [0.1, 0.15) is 0 Å². The average molecular weight is 281 g/mol. The van der Waals surface area contributed by atoms with Gasteiger partial charge in [0.05, 0.1) is 0 Å². The van der Waals surface area contributed by atoms with E-state index in [1.807, 2.05) is 0 Å². The highest BCUT2D eigenvalue weighted by molar-refractivity contribution is 5.08. The summed E-state index contributed by atoms with van der Waals surface area (Å²) in [7, 11) is 0. The number of piperidine rings is 1. The molecule has 118 valence electrons. The summed E-state index contributed by atoms with van der Waals surface area (Å²) in [4.78, 5) is 5.53. The zero-order valence-corrected chi connectivity index (χ0v) is 13.7. The number of nitrogens with zero attached hydrogens (tertiary/aromatic N) is 2. The normalized spacial score (nSPS) is 30.9. The lowest BCUT2D eigenvalue weighted by Crippen LogP contribution is -2.62. The van der Waals surface area contributed by atoms with Crippen molar-refractivity contribution in [1.82, 2.24) is 9.80 Å². The second kappa shape index (κ2) is 7.77. The van der Waals surface area contributed by atoms with Gasteiger partial charge >= 0.3 is 0 Å². The summed E-state index contributed by atoms with van der Waals surface area (Å²) >= 11 is 0. The molecule has 0 bridgehead atoms. The molecule has 0 aliphatic carbocycles. The minimum Gasteiger partial charge on any atom is -0.329 e. The van der Waals surface area contributed by atoms with Gasteiger partial charge < -0.3 is 5.73 Å². The fourth-order valence-electron chi connectivity index (χ4n) is 4.36. The van der Waals surface area contributed by atoms with Crippen molar-refractivity contribution in [3.8, 4) is 0 Å². The van der Waals surface area contributed by atoms with E-state index in [1.165, 1.54) is 77.5 Å². The monoisotopic (exact) mass is 281 g/mol. The fraction of sp³-hybridized carbons (Fsp3) is 1.00. The van der Waals surface area contributed by atoms with Crippen LogP contribution in [-0.4, -0.2) is 54.1 Å². The van der Waals surface area contributed by atoms with Gasteiger partial charge in [0.2, 0.25) is 0 Å². The lowest BCUT2D eigenvalue weighted by molar-refractivity contribution is 0.0352. The third-order valence-corrected chi connectivity index (χ3v) is 5.61. The molecule has 2 heterocycles. The van der Waals surface area contributed by atoms with Gasteiger partial charge in [0, 0.05) is 24.7 Å². The van der Waals surface area contributed by atoms with E-state index in [4.69, 9.17) is 5.73 Å². The highest BCUT2D eigenvalue weighted by Gasteiger charge is 2.50. The van der Waals surface area contributed by atoms with Crippen LogP contribution in [0.3, 0.4) is 0 Å². The van der Waals surface area contributed by atoms with Gasteiger partial charge in [-0.05, 0) is 51.7 Å². The highest BCUT2D eigenvalue weighted by atomic mass is 15.3. The van der Waals surface area contributed by atoms with Gasteiger partial charge in [-0.3, -0.25) is 9.80 Å². The fourth-order valence-corrected chi connectivity index (χ4v) is 4.36. The third-order valence-electron chi connectivity index (χ3n) is 5.61. The van der Waals surface area contributed by atoms with E-state index in [1.54, 1.807) is 0 Å². The predicted octanol–water partition coefficient (Wildman–Crippen LogP) is 2.84. The minimum absolute atomic E-state index is 0.282. The molecule has 3 nitrogen and oxygen atoms in total. The van der Waals surface area contributed by atoms with Crippen molar-refractivity contribution in [3.05, 3.63) is 0 Å². The molecule has 20 heavy (non-hydrogen) atoms. The molecule has 0 aromatic carbocycles. The molecule has 2 aliphatic rings. The summed E-state index contributed by atoms with van der Waals surface area (Å²) < 4.78 is 0. The summed E-state index contributed by atoms with van der Waals surface area (Å²) in [6.07, 6.45) is 10.7. The van der Waals surface area contributed by atoms with E-state index < -0.39 is 0 Å². The standard InChI is InChI=1S/C17H35N3/c1-3-5-12-20(13-6-4-2)17(15-18)10-14-19-11-8-7-9-16(17)19/h16H,3-15,18H2,1-2H3. The average Bonchev–Trinajstić information content (AvgIpc) is 2.87. The van der Waals surface area contributed by atoms with E-state index in [-0.39, 0.29) is 5.54 Å². The van der Waals surface area contributed by atoms with Gasteiger partial charge in [-0.1, -0.05) is 33.1 Å². The summed E-state index contributed by atoms with van der Waals surface area (Å²) in [6, 6.07) is 0.731. The minimum atomic E-state index is 0.282. The van der Waals surface area contributed by atoms with Crippen molar-refractivity contribution in [2.45, 2.75) is 76.8 Å². The van der Waals surface area contributed by atoms with Crippen LogP contribution in [0, 0.1) is 0 Å². The summed E-state index contributed by atoms with van der Waals surface area (Å²) in [5.74, 6) is 0. The predicted molar refractivity (Wildman–Crippen MR) is 87.0 cm³/mol. The largest absolute Gasteiger partial charge is 0.329 e. The maximum atomic E-state index is 6.35. The van der Waals surface area contributed by atoms with E-state index in [0.717, 1.165) is 12.6 Å². The molecule has 3 heteroatoms. The van der Waals surface area contributed by atoms with Gasteiger partial charge in [0.25, 0.3) is 0 Å². The SMILES string of the molecule is CCCCN(CCCC)C1(CN)CCN2CCCCC21. The van der Waals surface area contributed by atoms with Crippen molar-refractivity contribution in [1.29, 1.82) is 0 Å². The molecule has 0 spiro atoms. The first-order valence-corrected chi connectivity index (χ1v) is 8.97. The Bertz CT molecular complexity index is 273. The Balaban J connectivity index is 2.12. The van der Waals surface area contributed by atoms with Crippen LogP contribution in [0.4, 0.5) is 0 Å². The Morgan fingerprint density at radius 2 is 1.80 bits per heavy atom. The van der Waals surface area contributed by atoms with Crippen LogP contribution in [0.5, 0.6) is 0 Å². The molecule has 0 saturated carbocycles. The molecule has 2 unspecified atom stereocenters. The second-order valence-electron chi connectivity index (χ2n) is 6.80. The maximum absolute atomic E-state index is 6.35. The maximum Gasteiger partial charge on any atom is 0.0498 e. The first-order chi connectivity index (χ1) is 9.78. The Morgan fingerprint density at radius 3 is 2.40 bits per heavy atom. The van der Waals surface area contributed by atoms with E-state index in [0.29, 0.717) is 0 Å². The number of unbranched alkanes of at least 4 members (excludes halogenated alkanes) is 2. The van der Waals surface area contributed by atoms with Crippen LogP contribution in [0.25, 0.3) is 0 Å². The Hall–Kier alpha value is -0.120. The molecule has 2 fully saturated rings. The molecule has 2 N–H and O–H groups in total. The summed E-state index contributed by atoms with van der Waals surface area (Å²) in [5, 5.41) is 0. The lowest BCUT2D eigenvalue weighted by atomic mass is 9.83. The van der Waals surface area contributed by atoms with Gasteiger partial charge in [0.15, 0.2) is 0 Å². The van der Waals surface area contributed by atoms with Gasteiger partial charge in [-0.2, -0.15) is 0 Å². The van der Waals surface area contributed by atoms with Gasteiger partial charge in [-0.15, -0.1) is 0 Å². The zero-order valence-electron chi connectivity index (χ0n) is 13.7. The molecule has 0 radical (unpaired) electrons. The number of hydrogen-bond donors (Lipinski definition) is 1. The molecule has 2 aliphatic heterocycles. The number of hydrogen-bond acceptors (Lipinski definition) is 3. The highest BCUT2D eigenvalue weighted by Crippen LogP contribution is 2.39. The van der Waals surface area contributed by atoms with Crippen molar-refractivity contribution < 1.29 is 0 Å². The van der Waals surface area contributed by atoms with Crippen LogP contribution in [-0.2, 0) is 0 Å². The van der Waals surface area contributed by atoms with E-state index in [2.05, 4.69) is 23.6 Å². The molecule has 2 rings (SSSR count). The zero-order chi connectivity index (χ0) is 14.4. The van der Waals surface area contributed by atoms with Crippen LogP contribution >= 0.6 is 0 Å². The van der Waals surface area contributed by atoms with Crippen LogP contribution in [0.1, 0.15) is 65.2 Å². The van der Waals surface area contributed by atoms with Crippen molar-refractivity contribution >= 4 is 0 Å². The smallest absolute Gasteiger partial charge is 0.0498 e. The lowest BCUT2D eigenvalue weighted by Gasteiger charge is -2.47. The third kappa shape index (κ3) is 3.20. The van der Waals surface area contributed by atoms with Crippen LogP contribution in [0.2, 0.25) is 0 Å². The first kappa shape index (κ1) is 16.3. The summed E-state index contributed by atoms with van der Waals surface area (Å²) in [6.45, 7) is 10.5. The van der Waals surface area contributed by atoms with Gasteiger partial charge in [-0.25, -0.2) is 0 Å². The molecule has 0 aromatic heterocycles. The topological polar surface area (TPSA) is 32.5 Å². The van der Waals surface area contributed by atoms with Crippen molar-refractivity contribution in [2.75, 3.05) is 32.7 Å². The molecule has 0 amide bonds. The number of nitrogens with two attached hydrogens (primary N) is 1. The Morgan fingerprint density at radius 1 is 1.10 bits per heavy atom. The Kier molecular flexibility index (Phi) is 6.31. The van der Waals surface area contributed by atoms with Crippen molar-refractivity contribution in [2.24, 2.45) is 5.73 Å². The van der Waals surface area contributed by atoms with Crippen molar-refractivity contribution in [3.63, 3.8) is 0 Å². The number of fused-ring (bicyclic) bond motifs is 1. The quantitative estimate of drug-likeness (QED) is 0.742. The molecular formula is C17H35N3. The Labute approximate surface area is 125 Å².